The third-order valence-electron chi connectivity index (χ3n) is 3.19. The molecule has 2 aliphatic rings. The van der Waals surface area contributed by atoms with Gasteiger partial charge in [0.1, 0.15) is 0 Å². The maximum Gasteiger partial charge on any atom is 0.364 e. The van der Waals surface area contributed by atoms with Crippen LogP contribution in [0.2, 0.25) is 0 Å². The van der Waals surface area contributed by atoms with Gasteiger partial charge in [-0.1, -0.05) is 13.8 Å². The zero-order chi connectivity index (χ0) is 11.6. The number of rotatable bonds is 7. The molecule has 0 aromatic rings. The van der Waals surface area contributed by atoms with E-state index < -0.39 is 12.9 Å². The van der Waals surface area contributed by atoms with Gasteiger partial charge in [-0.05, 0) is 32.1 Å². The lowest BCUT2D eigenvalue weighted by Gasteiger charge is -2.22. The van der Waals surface area contributed by atoms with Crippen molar-refractivity contribution in [3.63, 3.8) is 0 Å². The number of hydrogen-bond donors (Lipinski definition) is 0. The van der Waals surface area contributed by atoms with Crippen LogP contribution in [0.25, 0.3) is 0 Å². The predicted octanol–water partition coefficient (Wildman–Crippen LogP) is 3.31. The van der Waals surface area contributed by atoms with Gasteiger partial charge in [0.15, 0.2) is 5.34 Å². The van der Waals surface area contributed by atoms with E-state index in [2.05, 4.69) is 0 Å². The number of ether oxygens (including phenoxy) is 1. The molecule has 1 saturated carbocycles. The first-order valence-corrected chi connectivity index (χ1v) is 7.80. The first kappa shape index (κ1) is 12.6. The quantitative estimate of drug-likeness (QED) is 0.512. The van der Waals surface area contributed by atoms with E-state index in [0.717, 1.165) is 32.1 Å². The minimum Gasteiger partial charge on any atom is -0.353 e. The summed E-state index contributed by atoms with van der Waals surface area (Å²) in [6, 6.07) is 0. The lowest BCUT2D eigenvalue weighted by atomic mass is 10.4. The molecule has 1 heterocycles. The summed E-state index contributed by atoms with van der Waals surface area (Å²) in [5.74, 6) is 0. The van der Waals surface area contributed by atoms with Crippen LogP contribution in [-0.2, 0) is 18.3 Å². The second-order valence-electron chi connectivity index (χ2n) is 4.51. The van der Waals surface area contributed by atoms with Crippen molar-refractivity contribution in [1.29, 1.82) is 0 Å². The molecule has 0 bridgehead atoms. The summed E-state index contributed by atoms with van der Waals surface area (Å²) in [4.78, 5) is 0. The van der Waals surface area contributed by atoms with Crippen LogP contribution in [0.3, 0.4) is 0 Å². The molecule has 94 valence electrons. The predicted molar refractivity (Wildman–Crippen MR) is 61.5 cm³/mol. The molecule has 2 atom stereocenters. The van der Waals surface area contributed by atoms with Crippen LogP contribution in [0.1, 0.15) is 46.0 Å². The van der Waals surface area contributed by atoms with E-state index in [9.17, 15) is 4.57 Å². The van der Waals surface area contributed by atoms with Crippen LogP contribution in [0, 0.1) is 0 Å². The standard InChI is InChI=1S/C11H21O4P/c1-3-8-13-16(12,14-9-4-2)11-7-5-6-10(11)15-11/h10H,3-9H2,1-2H3. The van der Waals surface area contributed by atoms with Gasteiger partial charge in [-0.2, -0.15) is 0 Å². The van der Waals surface area contributed by atoms with E-state index in [1.165, 1.54) is 0 Å². The van der Waals surface area contributed by atoms with Crippen molar-refractivity contribution < 1.29 is 18.3 Å². The maximum atomic E-state index is 12.7. The Bertz CT molecular complexity index is 282. The number of fused-ring (bicyclic) bond motifs is 1. The second-order valence-corrected chi connectivity index (χ2v) is 6.78. The molecule has 0 aromatic carbocycles. The Hall–Kier alpha value is 0.110. The topological polar surface area (TPSA) is 48.1 Å². The minimum absolute atomic E-state index is 0.118. The van der Waals surface area contributed by atoms with Crippen molar-refractivity contribution in [1.82, 2.24) is 0 Å². The molecule has 1 aliphatic heterocycles. The minimum atomic E-state index is -3.06. The Morgan fingerprint density at radius 1 is 1.31 bits per heavy atom. The Labute approximate surface area is 97.2 Å². The van der Waals surface area contributed by atoms with Crippen molar-refractivity contribution in [2.45, 2.75) is 57.4 Å². The molecule has 4 nitrogen and oxygen atoms in total. The highest BCUT2D eigenvalue weighted by molar-refractivity contribution is 7.55. The van der Waals surface area contributed by atoms with Crippen LogP contribution in [-0.4, -0.2) is 24.7 Å². The first-order valence-electron chi connectivity index (χ1n) is 6.25. The van der Waals surface area contributed by atoms with E-state index in [1.807, 2.05) is 13.8 Å². The Morgan fingerprint density at radius 3 is 2.31 bits per heavy atom. The largest absolute Gasteiger partial charge is 0.364 e. The average molecular weight is 248 g/mol. The van der Waals surface area contributed by atoms with Gasteiger partial charge in [-0.15, -0.1) is 0 Å². The Balaban J connectivity index is 2.05. The lowest BCUT2D eigenvalue weighted by molar-refractivity contribution is 0.169. The van der Waals surface area contributed by atoms with Gasteiger partial charge >= 0.3 is 7.60 Å². The summed E-state index contributed by atoms with van der Waals surface area (Å²) < 4.78 is 29.3. The molecule has 1 saturated heterocycles. The zero-order valence-corrected chi connectivity index (χ0v) is 11.0. The average Bonchev–Trinajstić information content (AvgIpc) is 2.87. The fraction of sp³-hybridized carbons (Fsp3) is 1.00. The van der Waals surface area contributed by atoms with Gasteiger partial charge in [-0.3, -0.25) is 4.57 Å². The maximum absolute atomic E-state index is 12.7. The van der Waals surface area contributed by atoms with Gasteiger partial charge < -0.3 is 13.8 Å². The van der Waals surface area contributed by atoms with Crippen molar-refractivity contribution >= 4 is 7.60 Å². The summed E-state index contributed by atoms with van der Waals surface area (Å²) in [6.07, 6.45) is 4.70. The highest BCUT2D eigenvalue weighted by Crippen LogP contribution is 2.75. The third-order valence-corrected chi connectivity index (χ3v) is 5.78. The van der Waals surface area contributed by atoms with E-state index >= 15 is 0 Å². The molecule has 2 rings (SSSR count). The molecule has 1 aliphatic carbocycles. The summed E-state index contributed by atoms with van der Waals surface area (Å²) in [7, 11) is -3.06. The summed E-state index contributed by atoms with van der Waals surface area (Å²) in [6.45, 7) is 4.97. The van der Waals surface area contributed by atoms with Gasteiger partial charge in [0.05, 0.1) is 19.3 Å². The van der Waals surface area contributed by atoms with Gasteiger partial charge in [-0.25, -0.2) is 0 Å². The zero-order valence-electron chi connectivity index (χ0n) is 10.1. The highest BCUT2D eigenvalue weighted by atomic mass is 31.2. The van der Waals surface area contributed by atoms with Crippen LogP contribution in [0.4, 0.5) is 0 Å². The van der Waals surface area contributed by atoms with Gasteiger partial charge in [0.2, 0.25) is 0 Å². The molecule has 0 aromatic heterocycles. The lowest BCUT2D eigenvalue weighted by Crippen LogP contribution is -2.16. The van der Waals surface area contributed by atoms with E-state index in [4.69, 9.17) is 13.8 Å². The summed E-state index contributed by atoms with van der Waals surface area (Å²) in [5.41, 5.74) is 0. The number of epoxide rings is 1. The van der Waals surface area contributed by atoms with Crippen molar-refractivity contribution in [3.05, 3.63) is 0 Å². The van der Waals surface area contributed by atoms with Crippen molar-refractivity contribution in [2.75, 3.05) is 13.2 Å². The van der Waals surface area contributed by atoms with E-state index in [1.54, 1.807) is 0 Å². The Morgan fingerprint density at radius 2 is 1.94 bits per heavy atom. The highest BCUT2D eigenvalue weighted by Gasteiger charge is 2.72. The summed E-state index contributed by atoms with van der Waals surface area (Å²) >= 11 is 0. The fourth-order valence-electron chi connectivity index (χ4n) is 2.31. The van der Waals surface area contributed by atoms with Crippen LogP contribution >= 0.6 is 7.60 Å². The van der Waals surface area contributed by atoms with Crippen LogP contribution < -0.4 is 0 Å². The van der Waals surface area contributed by atoms with Crippen LogP contribution in [0.15, 0.2) is 0 Å². The van der Waals surface area contributed by atoms with E-state index in [-0.39, 0.29) is 6.10 Å². The summed E-state index contributed by atoms with van der Waals surface area (Å²) in [5, 5.41) is -0.572. The smallest absolute Gasteiger partial charge is 0.353 e. The van der Waals surface area contributed by atoms with Crippen molar-refractivity contribution in [3.8, 4) is 0 Å². The first-order chi connectivity index (χ1) is 7.68. The normalized spacial score (nSPS) is 32.8. The molecule has 0 N–H and O–H groups in total. The SMILES string of the molecule is CCCOP(=O)(OCCC)C12CCCC1O2. The molecular formula is C11H21O4P. The van der Waals surface area contributed by atoms with E-state index in [0.29, 0.717) is 13.2 Å². The molecule has 2 unspecified atom stereocenters. The Kier molecular flexibility index (Phi) is 3.75. The number of hydrogen-bond acceptors (Lipinski definition) is 4. The molecule has 5 heteroatoms. The molecule has 0 amide bonds. The fourth-order valence-corrected chi connectivity index (χ4v) is 4.84. The molecule has 2 fully saturated rings. The molecule has 16 heavy (non-hydrogen) atoms. The molecule has 0 radical (unpaired) electrons. The molecule has 0 spiro atoms. The van der Waals surface area contributed by atoms with Crippen LogP contribution in [0.5, 0.6) is 0 Å². The monoisotopic (exact) mass is 248 g/mol. The second kappa shape index (κ2) is 4.77. The van der Waals surface area contributed by atoms with Gasteiger partial charge in [0, 0.05) is 0 Å². The third kappa shape index (κ3) is 1.97. The van der Waals surface area contributed by atoms with Gasteiger partial charge in [0.25, 0.3) is 0 Å². The molecular weight excluding hydrogens is 227 g/mol. The van der Waals surface area contributed by atoms with Crippen molar-refractivity contribution in [2.24, 2.45) is 0 Å².